The zero-order chi connectivity index (χ0) is 53.3. The highest BCUT2D eigenvalue weighted by atomic mass is 16.6. The van der Waals surface area contributed by atoms with Gasteiger partial charge >= 0.3 is 23.9 Å². The van der Waals surface area contributed by atoms with Crippen molar-refractivity contribution < 1.29 is 76.0 Å². The average Bonchev–Trinajstić information content (AvgIpc) is 3.40. The summed E-state index contributed by atoms with van der Waals surface area (Å²) in [6.45, 7) is 4.06. The summed E-state index contributed by atoms with van der Waals surface area (Å²) in [5, 5.41) is 0. The van der Waals surface area contributed by atoms with Gasteiger partial charge in [0.1, 0.15) is 0 Å². The van der Waals surface area contributed by atoms with E-state index in [4.69, 9.17) is 56.8 Å². The highest BCUT2D eigenvalue weighted by molar-refractivity contribution is 5.79. The van der Waals surface area contributed by atoms with Gasteiger partial charge in [0.15, 0.2) is 46.0 Å². The summed E-state index contributed by atoms with van der Waals surface area (Å²) in [5.74, 6) is 2.30. The molecule has 0 aliphatic carbocycles. The van der Waals surface area contributed by atoms with Crippen LogP contribution in [0.3, 0.4) is 0 Å². The van der Waals surface area contributed by atoms with Gasteiger partial charge in [-0.1, -0.05) is 12.1 Å². The normalized spacial score (nSPS) is 16.0. The first kappa shape index (κ1) is 56.4. The summed E-state index contributed by atoms with van der Waals surface area (Å²) in [6.07, 6.45) is 2.39. The van der Waals surface area contributed by atoms with E-state index in [1.54, 1.807) is 56.9 Å². The van der Waals surface area contributed by atoms with Crippen molar-refractivity contribution in [3.8, 4) is 46.0 Å². The molecule has 0 aromatic heterocycles. The Balaban J connectivity index is 1.04. The molecule has 2 aliphatic heterocycles. The first-order chi connectivity index (χ1) is 35.8. The van der Waals surface area contributed by atoms with E-state index in [-0.39, 0.29) is 38.4 Å². The van der Waals surface area contributed by atoms with Crippen LogP contribution in [0.15, 0.2) is 60.7 Å². The Morgan fingerprint density at radius 2 is 0.797 bits per heavy atom. The van der Waals surface area contributed by atoms with Gasteiger partial charge in [0.05, 0.1) is 70.1 Å². The van der Waals surface area contributed by atoms with E-state index in [0.717, 1.165) is 33.4 Å². The Kier molecular flexibility index (Phi) is 20.9. The monoisotopic (exact) mass is 1030 g/mol. The third kappa shape index (κ3) is 14.4. The molecule has 0 saturated heterocycles. The van der Waals surface area contributed by atoms with Crippen LogP contribution in [0, 0.1) is 0 Å². The number of hydrogen-bond acceptors (Lipinski definition) is 18. The Hall–Kier alpha value is -6.92. The molecule has 4 atom stereocenters. The molecular weight excluding hydrogens is 957 g/mol. The first-order valence-electron chi connectivity index (χ1n) is 24.8. The number of rotatable bonds is 27. The van der Waals surface area contributed by atoms with Gasteiger partial charge in [-0.25, -0.2) is 9.59 Å². The lowest BCUT2D eigenvalue weighted by Gasteiger charge is -2.39. The second-order valence-corrected chi connectivity index (χ2v) is 18.1. The summed E-state index contributed by atoms with van der Waals surface area (Å²) in [4.78, 5) is 56.4. The van der Waals surface area contributed by atoms with Gasteiger partial charge in [0.2, 0.25) is 12.2 Å². The quantitative estimate of drug-likeness (QED) is 0.0330. The van der Waals surface area contributed by atoms with Gasteiger partial charge < -0.3 is 56.8 Å². The van der Waals surface area contributed by atoms with Crippen molar-refractivity contribution in [2.75, 3.05) is 96.3 Å². The molecule has 4 unspecified atom stereocenters. The number of unbranched alkanes of at least 4 members (excludes halogenated alkanes) is 3. The van der Waals surface area contributed by atoms with Crippen LogP contribution < -0.4 is 37.9 Å². The van der Waals surface area contributed by atoms with Crippen molar-refractivity contribution >= 4 is 23.9 Å². The number of ether oxygens (including phenoxy) is 12. The minimum absolute atomic E-state index is 0.0947. The maximum atomic E-state index is 13.7. The Morgan fingerprint density at radius 1 is 0.459 bits per heavy atom. The summed E-state index contributed by atoms with van der Waals surface area (Å²) in [7, 11) is 12.7. The lowest BCUT2D eigenvalue weighted by Crippen LogP contribution is -2.45. The van der Waals surface area contributed by atoms with E-state index in [2.05, 4.69) is 9.80 Å². The number of hydrogen-bond donors (Lipinski definition) is 0. The van der Waals surface area contributed by atoms with Gasteiger partial charge in [-0.15, -0.1) is 0 Å². The third-order valence-electron chi connectivity index (χ3n) is 13.5. The van der Waals surface area contributed by atoms with E-state index < -0.39 is 36.1 Å². The van der Waals surface area contributed by atoms with Crippen LogP contribution in [0.5, 0.6) is 46.0 Å². The molecule has 402 valence electrons. The molecular formula is C56H72N2O16. The highest BCUT2D eigenvalue weighted by Crippen LogP contribution is 2.42. The lowest BCUT2D eigenvalue weighted by molar-refractivity contribution is -0.168. The molecule has 0 saturated carbocycles. The number of nitrogens with zero attached hydrogens (tertiary/aromatic N) is 2. The lowest BCUT2D eigenvalue weighted by atomic mass is 9.87. The molecule has 0 fully saturated rings. The van der Waals surface area contributed by atoms with Crippen molar-refractivity contribution in [3.05, 3.63) is 94.0 Å². The Bertz CT molecular complexity index is 2380. The molecule has 4 aromatic rings. The van der Waals surface area contributed by atoms with Gasteiger partial charge in [-0.05, 0) is 133 Å². The average molecular weight is 1030 g/mol. The van der Waals surface area contributed by atoms with Crippen LogP contribution in [-0.4, -0.2) is 142 Å². The van der Waals surface area contributed by atoms with Crippen LogP contribution >= 0.6 is 0 Å². The number of methoxy groups -OCH3 is 8. The van der Waals surface area contributed by atoms with Gasteiger partial charge in [0, 0.05) is 52.1 Å². The molecule has 2 aliphatic rings. The largest absolute Gasteiger partial charge is 0.493 e. The smallest absolute Gasteiger partial charge is 0.348 e. The summed E-state index contributed by atoms with van der Waals surface area (Å²) < 4.78 is 67.4. The number of carbonyl (C=O) groups is 4. The van der Waals surface area contributed by atoms with Crippen LogP contribution in [0.1, 0.15) is 85.0 Å². The molecule has 0 radical (unpaired) electrons. The molecule has 6 rings (SSSR count). The molecule has 74 heavy (non-hydrogen) atoms. The zero-order valence-electron chi connectivity index (χ0n) is 44.4. The van der Waals surface area contributed by atoms with Crippen molar-refractivity contribution in [3.63, 3.8) is 0 Å². The van der Waals surface area contributed by atoms with Crippen LogP contribution in [-0.2, 0) is 63.8 Å². The molecule has 0 spiro atoms. The number of esters is 4. The van der Waals surface area contributed by atoms with E-state index in [1.165, 1.54) is 13.8 Å². The summed E-state index contributed by atoms with van der Waals surface area (Å²) in [6, 6.07) is 18.9. The van der Waals surface area contributed by atoms with E-state index in [0.29, 0.717) is 110 Å². The molecule has 2 heterocycles. The number of fused-ring (bicyclic) bond motifs is 2. The number of carbonyl (C=O) groups excluding carboxylic acids is 4. The Labute approximate surface area is 434 Å². The van der Waals surface area contributed by atoms with Crippen LogP contribution in [0.2, 0.25) is 0 Å². The van der Waals surface area contributed by atoms with Gasteiger partial charge in [-0.2, -0.15) is 0 Å². The predicted octanol–water partition coefficient (Wildman–Crippen LogP) is 7.25. The third-order valence-corrected chi connectivity index (χ3v) is 13.5. The second-order valence-electron chi connectivity index (χ2n) is 18.1. The standard InChI is InChI=1S/C56H72N2O16/c1-35(59)73-53(33-57-21-19-39-29-49(67-7)51(69-9)31-41(39)43(57)25-37-15-17-45(63-3)47(27-37)65-5)55(61)71-23-13-11-12-14-24-72-56(62)54(74-36(2)60)34-58-22-20-40-30-50(68-8)52(70-10)32-42(40)44(58)26-38-16-18-46(64-4)48(28-38)66-6/h15-18,27-32,43-44,53-54H,11-14,19-26,33-34H2,1-10H3. The fourth-order valence-electron chi connectivity index (χ4n) is 9.77. The van der Waals surface area contributed by atoms with Crippen LogP contribution in [0.25, 0.3) is 0 Å². The topological polar surface area (TPSA) is 186 Å². The number of benzene rings is 4. The van der Waals surface area contributed by atoms with Gasteiger partial charge in [-0.3, -0.25) is 19.4 Å². The SMILES string of the molecule is COc1ccc(CC2c3cc(OC)c(OC)cc3CCN2CC(OC(C)=O)C(=O)OCCCCCCOC(=O)C(CN2CCc3cc(OC)c(OC)cc3C2Cc2ccc(OC)c(OC)c2)OC(C)=O)cc1OC. The minimum atomic E-state index is -1.18. The predicted molar refractivity (Wildman–Crippen MR) is 273 cm³/mol. The second kappa shape index (κ2) is 27.4. The maximum Gasteiger partial charge on any atom is 0.348 e. The van der Waals surface area contributed by atoms with E-state index >= 15 is 0 Å². The van der Waals surface area contributed by atoms with Gasteiger partial charge in [0.25, 0.3) is 0 Å². The van der Waals surface area contributed by atoms with E-state index in [9.17, 15) is 19.2 Å². The fraction of sp³-hybridized carbons (Fsp3) is 0.500. The molecule has 18 heteroatoms. The minimum Gasteiger partial charge on any atom is -0.493 e. The summed E-state index contributed by atoms with van der Waals surface area (Å²) in [5.41, 5.74) is 6.10. The van der Waals surface area contributed by atoms with Crippen molar-refractivity contribution in [2.45, 2.75) is 89.5 Å². The first-order valence-corrected chi connectivity index (χ1v) is 24.8. The van der Waals surface area contributed by atoms with E-state index in [1.807, 2.05) is 60.7 Å². The zero-order valence-corrected chi connectivity index (χ0v) is 44.4. The molecule has 0 amide bonds. The van der Waals surface area contributed by atoms with Crippen LogP contribution in [0.4, 0.5) is 0 Å². The Morgan fingerprint density at radius 3 is 1.14 bits per heavy atom. The highest BCUT2D eigenvalue weighted by Gasteiger charge is 2.37. The maximum absolute atomic E-state index is 13.7. The molecule has 0 bridgehead atoms. The van der Waals surface area contributed by atoms with Crippen molar-refractivity contribution in [2.24, 2.45) is 0 Å². The molecule has 4 aromatic carbocycles. The molecule has 0 N–H and O–H groups in total. The fourth-order valence-corrected chi connectivity index (χ4v) is 9.77. The van der Waals surface area contributed by atoms with Crippen molar-refractivity contribution in [1.82, 2.24) is 9.80 Å². The molecule has 18 nitrogen and oxygen atoms in total. The summed E-state index contributed by atoms with van der Waals surface area (Å²) >= 11 is 0. The van der Waals surface area contributed by atoms with Crippen molar-refractivity contribution in [1.29, 1.82) is 0 Å².